The number of carbonyl (C=O) groups excluding carboxylic acids is 1. The Bertz CT molecular complexity index is 466. The molecule has 0 bridgehead atoms. The van der Waals surface area contributed by atoms with Crippen LogP contribution in [0.15, 0.2) is 4.99 Å². The number of carbonyl (C=O) groups is 1. The molecule has 0 aromatic carbocycles. The number of hydrogen-bond donors (Lipinski definition) is 4. The van der Waals surface area contributed by atoms with Gasteiger partial charge in [-0.3, -0.25) is 4.84 Å². The van der Waals surface area contributed by atoms with Crippen molar-refractivity contribution in [3.8, 4) is 0 Å². The summed E-state index contributed by atoms with van der Waals surface area (Å²) in [5.74, 6) is -0.323. The van der Waals surface area contributed by atoms with Crippen LogP contribution in [0.5, 0.6) is 0 Å². The quantitative estimate of drug-likeness (QED) is 0.106. The first-order valence-electron chi connectivity index (χ1n) is 7.61. The van der Waals surface area contributed by atoms with Gasteiger partial charge < -0.3 is 20.9 Å². The molecule has 146 valence electrons. The zero-order valence-electron chi connectivity index (χ0n) is 15.2. The molecule has 0 rings (SSSR count). The second-order valence-corrected chi connectivity index (χ2v) is 6.17. The van der Waals surface area contributed by atoms with E-state index in [9.17, 15) is 20.0 Å². The summed E-state index contributed by atoms with van der Waals surface area (Å²) < 4.78 is 5.17. The normalized spacial score (nSPS) is 14.8. The molecule has 0 aromatic heterocycles. The number of guanidine groups is 1. The Hall–Kier alpha value is -2.18. The Labute approximate surface area is 146 Å². The maximum atomic E-state index is 11.9. The maximum absolute atomic E-state index is 11.9. The summed E-state index contributed by atoms with van der Waals surface area (Å²) in [7, 11) is 2.88. The summed E-state index contributed by atoms with van der Waals surface area (Å²) in [6, 6.07) is -0.709. The van der Waals surface area contributed by atoms with Gasteiger partial charge in [0, 0.05) is 13.6 Å². The van der Waals surface area contributed by atoms with E-state index in [-0.39, 0.29) is 12.5 Å². The second kappa shape index (κ2) is 10.6. The third kappa shape index (κ3) is 11.1. The number of aliphatic imine (C=N–C) groups is 1. The third-order valence-corrected chi connectivity index (χ3v) is 2.88. The minimum absolute atomic E-state index is 0.169. The average molecular weight is 364 g/mol. The maximum Gasteiger partial charge on any atom is 0.408 e. The van der Waals surface area contributed by atoms with Gasteiger partial charge in [-0.2, -0.15) is 5.06 Å². The number of nitrogens with one attached hydrogen (secondary N) is 2. The van der Waals surface area contributed by atoms with Crippen LogP contribution >= 0.6 is 0 Å². The minimum Gasteiger partial charge on any atom is -0.444 e. The number of nitro groups is 1. The number of hydroxylamine groups is 2. The lowest BCUT2D eigenvalue weighted by molar-refractivity contribution is -0.525. The number of alkyl carbamates (subject to hydrolysis) is 1. The predicted molar refractivity (Wildman–Crippen MR) is 89.8 cm³/mol. The third-order valence-electron chi connectivity index (χ3n) is 2.88. The number of aliphatic hydroxyl groups excluding tert-OH is 1. The monoisotopic (exact) mass is 364 g/mol. The van der Waals surface area contributed by atoms with Crippen molar-refractivity contribution in [1.82, 2.24) is 15.8 Å². The van der Waals surface area contributed by atoms with Gasteiger partial charge in [-0.15, -0.1) is 0 Å². The van der Waals surface area contributed by atoms with Crippen LogP contribution in [-0.4, -0.2) is 65.8 Å². The van der Waals surface area contributed by atoms with Gasteiger partial charge in [0.25, 0.3) is 5.96 Å². The molecule has 0 heterocycles. The summed E-state index contributed by atoms with van der Waals surface area (Å²) in [4.78, 5) is 30.8. The first-order chi connectivity index (χ1) is 11.5. The van der Waals surface area contributed by atoms with E-state index in [4.69, 9.17) is 15.3 Å². The van der Waals surface area contributed by atoms with Crippen molar-refractivity contribution in [3.63, 3.8) is 0 Å². The van der Waals surface area contributed by atoms with Crippen LogP contribution in [0.4, 0.5) is 4.79 Å². The van der Waals surface area contributed by atoms with E-state index in [1.807, 2.05) is 0 Å². The molecule has 1 unspecified atom stereocenters. The molecule has 0 saturated carbocycles. The topological polar surface area (TPSA) is 165 Å². The number of ether oxygens (including phenoxy) is 1. The lowest BCUT2D eigenvalue weighted by Crippen LogP contribution is -2.51. The van der Waals surface area contributed by atoms with Crippen molar-refractivity contribution in [2.75, 3.05) is 20.7 Å². The van der Waals surface area contributed by atoms with E-state index in [2.05, 4.69) is 10.3 Å². The highest BCUT2D eigenvalue weighted by Gasteiger charge is 2.27. The van der Waals surface area contributed by atoms with Crippen molar-refractivity contribution >= 4 is 12.1 Å². The van der Waals surface area contributed by atoms with E-state index < -0.39 is 29.0 Å². The number of hydrazine groups is 1. The first-order valence-corrected chi connectivity index (χ1v) is 7.61. The first kappa shape index (κ1) is 22.8. The van der Waals surface area contributed by atoms with Crippen LogP contribution in [0.3, 0.4) is 0 Å². The molecule has 12 heteroatoms. The number of amides is 1. The summed E-state index contributed by atoms with van der Waals surface area (Å²) >= 11 is 0. The van der Waals surface area contributed by atoms with Crippen LogP contribution in [0.2, 0.25) is 0 Å². The van der Waals surface area contributed by atoms with Crippen LogP contribution < -0.4 is 16.5 Å². The van der Waals surface area contributed by atoms with Gasteiger partial charge in [0.2, 0.25) is 0 Å². The van der Waals surface area contributed by atoms with Gasteiger partial charge in [0.05, 0.1) is 13.2 Å². The molecule has 0 radical (unpaired) electrons. The standard InChI is InChI=1S/C13H28N6O6/c1-13(2,3)25-12(21)16-9(10(20)18(4)24-5)7-6-8-15-11(14)17-19(22)23/h9-10,20H,6-8H2,1-5H3,(H,16,21)(H3,14,15,17)/t9?,10-/m0/s1. The van der Waals surface area contributed by atoms with Gasteiger partial charge in [-0.1, -0.05) is 5.43 Å². The van der Waals surface area contributed by atoms with E-state index >= 15 is 0 Å². The van der Waals surface area contributed by atoms with Crippen LogP contribution in [-0.2, 0) is 9.57 Å². The molecule has 0 spiro atoms. The second-order valence-electron chi connectivity index (χ2n) is 6.17. The zero-order valence-corrected chi connectivity index (χ0v) is 15.2. The van der Waals surface area contributed by atoms with Gasteiger partial charge in [0.15, 0.2) is 5.03 Å². The van der Waals surface area contributed by atoms with E-state index in [1.165, 1.54) is 19.2 Å². The molecule has 0 aliphatic heterocycles. The Morgan fingerprint density at radius 3 is 2.56 bits per heavy atom. The van der Waals surface area contributed by atoms with E-state index in [1.54, 1.807) is 26.2 Å². The number of likely N-dealkylation sites (N-methyl/N-ethyl adjacent to an activating group) is 1. The lowest BCUT2D eigenvalue weighted by atomic mass is 10.1. The highest BCUT2D eigenvalue weighted by atomic mass is 16.7. The van der Waals surface area contributed by atoms with Gasteiger partial charge in [-0.25, -0.2) is 19.9 Å². The van der Waals surface area contributed by atoms with Crippen LogP contribution in [0.1, 0.15) is 33.6 Å². The summed E-state index contributed by atoms with van der Waals surface area (Å²) in [6.45, 7) is 5.33. The summed E-state index contributed by atoms with van der Waals surface area (Å²) in [5.41, 5.74) is 6.34. The molecular weight excluding hydrogens is 336 g/mol. The molecule has 0 aliphatic carbocycles. The molecule has 1 amide bonds. The number of rotatable bonds is 9. The van der Waals surface area contributed by atoms with Gasteiger partial charge in [0.1, 0.15) is 11.8 Å². The number of hydrogen-bond acceptors (Lipinski definition) is 8. The highest BCUT2D eigenvalue weighted by molar-refractivity contribution is 5.76. The number of nitrogens with zero attached hydrogens (tertiary/aromatic N) is 3. The van der Waals surface area contributed by atoms with Gasteiger partial charge >= 0.3 is 6.09 Å². The molecule has 0 aliphatic rings. The Balaban J connectivity index is 4.69. The largest absolute Gasteiger partial charge is 0.444 e. The lowest BCUT2D eigenvalue weighted by Gasteiger charge is -2.30. The summed E-state index contributed by atoms with van der Waals surface area (Å²) in [5, 5.41) is 23.4. The van der Waals surface area contributed by atoms with Gasteiger partial charge in [-0.05, 0) is 33.6 Å². The predicted octanol–water partition coefficient (Wildman–Crippen LogP) is -0.432. The van der Waals surface area contributed by atoms with Crippen molar-refractivity contribution in [3.05, 3.63) is 10.1 Å². The molecular formula is C13H28N6O6. The highest BCUT2D eigenvalue weighted by Crippen LogP contribution is 2.11. The Kier molecular flexibility index (Phi) is 9.71. The van der Waals surface area contributed by atoms with Crippen molar-refractivity contribution < 1.29 is 24.5 Å². The molecule has 12 nitrogen and oxygen atoms in total. The zero-order chi connectivity index (χ0) is 19.6. The van der Waals surface area contributed by atoms with E-state index in [0.29, 0.717) is 12.8 Å². The number of nitrogens with two attached hydrogens (primary N) is 1. The molecule has 2 atom stereocenters. The fourth-order valence-corrected chi connectivity index (χ4v) is 1.76. The van der Waals surface area contributed by atoms with Crippen molar-refractivity contribution in [2.45, 2.75) is 51.5 Å². The summed E-state index contributed by atoms with van der Waals surface area (Å²) in [6.07, 6.45) is -1.10. The molecule has 0 fully saturated rings. The van der Waals surface area contributed by atoms with Crippen LogP contribution in [0.25, 0.3) is 0 Å². The fraction of sp³-hybridized carbons (Fsp3) is 0.846. The van der Waals surface area contributed by atoms with Crippen LogP contribution in [0, 0.1) is 10.1 Å². The number of aliphatic hydroxyl groups is 1. The van der Waals surface area contributed by atoms with Crippen molar-refractivity contribution in [2.24, 2.45) is 10.7 Å². The Morgan fingerprint density at radius 2 is 2.08 bits per heavy atom. The van der Waals surface area contributed by atoms with E-state index in [0.717, 1.165) is 0 Å². The Morgan fingerprint density at radius 1 is 1.48 bits per heavy atom. The van der Waals surface area contributed by atoms with Crippen molar-refractivity contribution in [1.29, 1.82) is 0 Å². The molecule has 25 heavy (non-hydrogen) atoms. The average Bonchev–Trinajstić information content (AvgIpc) is 2.46. The smallest absolute Gasteiger partial charge is 0.408 e. The minimum atomic E-state index is -1.13. The molecule has 0 saturated heterocycles. The fourth-order valence-electron chi connectivity index (χ4n) is 1.76. The molecule has 0 aromatic rings. The molecule has 5 N–H and O–H groups in total. The SMILES string of the molecule is CON(C)[C@@H](O)C(CCCN=C(N)N[N+](=O)[O-])NC(=O)OC(C)(C)C.